The lowest BCUT2D eigenvalue weighted by molar-refractivity contribution is -0.142. The van der Waals surface area contributed by atoms with E-state index in [2.05, 4.69) is 12.6 Å². The molecule has 2 atom stereocenters. The number of carbonyl (C=O) groups is 1. The van der Waals surface area contributed by atoms with Crippen LogP contribution in [-0.2, 0) is 4.79 Å². The van der Waals surface area contributed by atoms with Gasteiger partial charge in [-0.25, -0.2) is 4.79 Å². The Labute approximate surface area is 101 Å². The largest absolute Gasteiger partial charge is 0.479 e. The summed E-state index contributed by atoms with van der Waals surface area (Å²) in [6.07, 6.45) is 0. The fourth-order valence-electron chi connectivity index (χ4n) is 1.52. The third-order valence-corrected chi connectivity index (χ3v) is 3.59. The van der Waals surface area contributed by atoms with E-state index in [9.17, 15) is 9.90 Å². The molecule has 2 unspecified atom stereocenters. The SMILES string of the molecule is CC(S)C(C)(C(=O)O)N(C)c1ccccc1. The summed E-state index contributed by atoms with van der Waals surface area (Å²) < 4.78 is 0. The molecule has 4 heteroatoms. The third-order valence-electron chi connectivity index (χ3n) is 3.09. The van der Waals surface area contributed by atoms with Crippen LogP contribution in [-0.4, -0.2) is 28.9 Å². The van der Waals surface area contributed by atoms with Crippen molar-refractivity contribution in [1.82, 2.24) is 0 Å². The van der Waals surface area contributed by atoms with Crippen molar-refractivity contribution in [2.24, 2.45) is 0 Å². The quantitative estimate of drug-likeness (QED) is 0.792. The van der Waals surface area contributed by atoms with Crippen molar-refractivity contribution < 1.29 is 9.90 Å². The molecule has 1 aromatic rings. The van der Waals surface area contributed by atoms with Crippen molar-refractivity contribution in [3.8, 4) is 0 Å². The minimum atomic E-state index is -1.02. The van der Waals surface area contributed by atoms with Crippen LogP contribution in [0.4, 0.5) is 5.69 Å². The first-order valence-electron chi connectivity index (χ1n) is 5.11. The van der Waals surface area contributed by atoms with Gasteiger partial charge in [0, 0.05) is 18.0 Å². The molecule has 0 fully saturated rings. The highest BCUT2D eigenvalue weighted by Crippen LogP contribution is 2.28. The first kappa shape index (κ1) is 12.9. The smallest absolute Gasteiger partial charge is 0.330 e. The second-order valence-electron chi connectivity index (χ2n) is 4.02. The number of aliphatic carboxylic acids is 1. The van der Waals surface area contributed by atoms with Gasteiger partial charge in [0.15, 0.2) is 0 Å². The summed E-state index contributed by atoms with van der Waals surface area (Å²) in [4.78, 5) is 13.1. The molecule has 0 amide bonds. The molecule has 0 aliphatic rings. The molecule has 0 aliphatic carbocycles. The van der Waals surface area contributed by atoms with E-state index >= 15 is 0 Å². The van der Waals surface area contributed by atoms with E-state index in [0.717, 1.165) is 5.69 Å². The average molecular weight is 239 g/mol. The van der Waals surface area contributed by atoms with Crippen molar-refractivity contribution in [2.75, 3.05) is 11.9 Å². The summed E-state index contributed by atoms with van der Waals surface area (Å²) >= 11 is 4.29. The Hall–Kier alpha value is -1.16. The van der Waals surface area contributed by atoms with Crippen molar-refractivity contribution in [1.29, 1.82) is 0 Å². The summed E-state index contributed by atoms with van der Waals surface area (Å²) in [6.45, 7) is 3.47. The lowest BCUT2D eigenvalue weighted by Crippen LogP contribution is -2.56. The molecule has 0 spiro atoms. The fraction of sp³-hybridized carbons (Fsp3) is 0.417. The van der Waals surface area contributed by atoms with Crippen LogP contribution in [0.2, 0.25) is 0 Å². The molecular weight excluding hydrogens is 222 g/mol. The number of anilines is 1. The second kappa shape index (κ2) is 4.78. The number of hydrogen-bond acceptors (Lipinski definition) is 3. The van der Waals surface area contributed by atoms with Crippen LogP contribution in [0, 0.1) is 0 Å². The fourth-order valence-corrected chi connectivity index (χ4v) is 1.81. The number of thiol groups is 1. The van der Waals surface area contributed by atoms with Crippen LogP contribution in [0.1, 0.15) is 13.8 Å². The molecule has 3 nitrogen and oxygen atoms in total. The van der Waals surface area contributed by atoms with Crippen molar-refractivity contribution in [3.05, 3.63) is 30.3 Å². The lowest BCUT2D eigenvalue weighted by Gasteiger charge is -2.39. The number of para-hydroxylation sites is 1. The van der Waals surface area contributed by atoms with Gasteiger partial charge in [-0.05, 0) is 19.1 Å². The molecule has 0 heterocycles. The molecule has 1 rings (SSSR count). The van der Waals surface area contributed by atoms with Crippen LogP contribution in [0.3, 0.4) is 0 Å². The number of benzene rings is 1. The van der Waals surface area contributed by atoms with Crippen molar-refractivity contribution >= 4 is 24.3 Å². The second-order valence-corrected chi connectivity index (χ2v) is 4.80. The predicted molar refractivity (Wildman–Crippen MR) is 69.3 cm³/mol. The van der Waals surface area contributed by atoms with Gasteiger partial charge in [0.1, 0.15) is 5.54 Å². The molecule has 1 aromatic carbocycles. The van der Waals surface area contributed by atoms with Crippen LogP contribution in [0.15, 0.2) is 30.3 Å². The minimum absolute atomic E-state index is 0.282. The molecule has 1 N–H and O–H groups in total. The predicted octanol–water partition coefficient (Wildman–Crippen LogP) is 2.28. The first-order valence-corrected chi connectivity index (χ1v) is 5.62. The van der Waals surface area contributed by atoms with E-state index in [1.54, 1.807) is 25.8 Å². The zero-order chi connectivity index (χ0) is 12.3. The Morgan fingerprint density at radius 3 is 2.31 bits per heavy atom. The van der Waals surface area contributed by atoms with Gasteiger partial charge in [-0.1, -0.05) is 25.1 Å². The molecule has 0 aliphatic heterocycles. The maximum Gasteiger partial charge on any atom is 0.330 e. The van der Waals surface area contributed by atoms with Gasteiger partial charge in [-0.15, -0.1) is 0 Å². The third kappa shape index (κ3) is 2.16. The van der Waals surface area contributed by atoms with Crippen LogP contribution >= 0.6 is 12.6 Å². The normalized spacial score (nSPS) is 16.2. The lowest BCUT2D eigenvalue weighted by atomic mass is 9.95. The van der Waals surface area contributed by atoms with E-state index in [-0.39, 0.29) is 5.25 Å². The zero-order valence-electron chi connectivity index (χ0n) is 9.71. The highest BCUT2D eigenvalue weighted by Gasteiger charge is 2.41. The monoisotopic (exact) mass is 239 g/mol. The number of rotatable bonds is 4. The summed E-state index contributed by atoms with van der Waals surface area (Å²) in [5.41, 5.74) is -0.155. The van der Waals surface area contributed by atoms with E-state index < -0.39 is 11.5 Å². The van der Waals surface area contributed by atoms with E-state index in [1.807, 2.05) is 30.3 Å². The summed E-state index contributed by atoms with van der Waals surface area (Å²) in [7, 11) is 1.77. The van der Waals surface area contributed by atoms with Crippen LogP contribution < -0.4 is 4.90 Å². The molecule has 16 heavy (non-hydrogen) atoms. The van der Waals surface area contributed by atoms with Crippen LogP contribution in [0.25, 0.3) is 0 Å². The van der Waals surface area contributed by atoms with Crippen molar-refractivity contribution in [2.45, 2.75) is 24.6 Å². The van der Waals surface area contributed by atoms with Gasteiger partial charge in [-0.2, -0.15) is 12.6 Å². The average Bonchev–Trinajstić information content (AvgIpc) is 2.27. The zero-order valence-corrected chi connectivity index (χ0v) is 10.6. The van der Waals surface area contributed by atoms with Gasteiger partial charge in [0.25, 0.3) is 0 Å². The highest BCUT2D eigenvalue weighted by atomic mass is 32.1. The van der Waals surface area contributed by atoms with Gasteiger partial charge in [-0.3, -0.25) is 0 Å². The Kier molecular flexibility index (Phi) is 3.86. The Morgan fingerprint density at radius 1 is 1.44 bits per heavy atom. The highest BCUT2D eigenvalue weighted by molar-refractivity contribution is 7.81. The van der Waals surface area contributed by atoms with E-state index in [4.69, 9.17) is 0 Å². The number of hydrogen-bond donors (Lipinski definition) is 2. The summed E-state index contributed by atoms with van der Waals surface area (Å²) in [5, 5.41) is 9.06. The van der Waals surface area contributed by atoms with Crippen molar-refractivity contribution in [3.63, 3.8) is 0 Å². The molecular formula is C12H17NO2S. The molecule has 88 valence electrons. The van der Waals surface area contributed by atoms with Gasteiger partial charge >= 0.3 is 5.97 Å². The minimum Gasteiger partial charge on any atom is -0.479 e. The maximum absolute atomic E-state index is 11.4. The number of carboxylic acid groups (broad SMARTS) is 1. The summed E-state index contributed by atoms with van der Waals surface area (Å²) in [6, 6.07) is 9.45. The Morgan fingerprint density at radius 2 is 1.94 bits per heavy atom. The Bertz CT molecular complexity index is 367. The molecule has 0 saturated heterocycles. The van der Waals surface area contributed by atoms with E-state index in [1.165, 1.54) is 0 Å². The Balaban J connectivity index is 3.11. The maximum atomic E-state index is 11.4. The van der Waals surface area contributed by atoms with Gasteiger partial charge in [0.2, 0.25) is 0 Å². The van der Waals surface area contributed by atoms with Crippen LogP contribution in [0.5, 0.6) is 0 Å². The number of likely N-dealkylation sites (N-methyl/N-ethyl adjacent to an activating group) is 1. The number of nitrogens with zero attached hydrogens (tertiary/aromatic N) is 1. The molecule has 0 saturated carbocycles. The van der Waals surface area contributed by atoms with Gasteiger partial charge < -0.3 is 10.0 Å². The van der Waals surface area contributed by atoms with E-state index in [0.29, 0.717) is 0 Å². The number of carboxylic acids is 1. The molecule has 0 radical (unpaired) electrons. The standard InChI is InChI=1S/C12H17NO2S/c1-9(16)12(2,11(14)15)13(3)10-7-5-4-6-8-10/h4-9,16H,1-3H3,(H,14,15). The molecule has 0 bridgehead atoms. The topological polar surface area (TPSA) is 40.5 Å². The summed E-state index contributed by atoms with van der Waals surface area (Å²) in [5.74, 6) is -0.874. The first-order chi connectivity index (χ1) is 7.40. The molecule has 0 aromatic heterocycles. The van der Waals surface area contributed by atoms with Gasteiger partial charge in [0.05, 0.1) is 0 Å².